The summed E-state index contributed by atoms with van der Waals surface area (Å²) in [7, 11) is 0. The third-order valence-corrected chi connectivity index (χ3v) is 4.80. The first-order valence-corrected chi connectivity index (χ1v) is 8.45. The largest absolute Gasteiger partial charge is 0.381 e. The lowest BCUT2D eigenvalue weighted by Gasteiger charge is -2.35. The molecular weight excluding hydrogens is 306 g/mol. The summed E-state index contributed by atoms with van der Waals surface area (Å²) in [5.74, 6) is 1.90. The van der Waals surface area contributed by atoms with E-state index in [1.54, 1.807) is 6.20 Å². The highest BCUT2D eigenvalue weighted by Crippen LogP contribution is 2.28. The van der Waals surface area contributed by atoms with Gasteiger partial charge in [-0.15, -0.1) is 10.2 Å². The molecule has 4 rings (SSSR count). The van der Waals surface area contributed by atoms with Crippen molar-refractivity contribution in [1.29, 1.82) is 0 Å². The fraction of sp³-hybridized carbons (Fsp3) is 0.529. The van der Waals surface area contributed by atoms with E-state index in [9.17, 15) is 4.79 Å². The van der Waals surface area contributed by atoms with Crippen molar-refractivity contribution in [3.05, 3.63) is 30.2 Å². The van der Waals surface area contributed by atoms with E-state index in [0.717, 1.165) is 30.2 Å². The summed E-state index contributed by atoms with van der Waals surface area (Å²) in [6.45, 7) is 4.66. The van der Waals surface area contributed by atoms with Gasteiger partial charge in [-0.25, -0.2) is 0 Å². The molecule has 4 heterocycles. The van der Waals surface area contributed by atoms with Gasteiger partial charge in [0.2, 0.25) is 5.91 Å². The lowest BCUT2D eigenvalue weighted by atomic mass is 9.98. The van der Waals surface area contributed by atoms with Crippen LogP contribution in [0.4, 0.5) is 0 Å². The van der Waals surface area contributed by atoms with Gasteiger partial charge in [-0.1, -0.05) is 6.07 Å². The number of ether oxygens (including phenoxy) is 1. The average molecular weight is 327 g/mol. The Labute approximate surface area is 140 Å². The summed E-state index contributed by atoms with van der Waals surface area (Å²) < 4.78 is 7.47. The van der Waals surface area contributed by atoms with Crippen molar-refractivity contribution in [3.8, 4) is 11.5 Å². The Balaban J connectivity index is 1.58. The third-order valence-electron chi connectivity index (χ3n) is 4.80. The smallest absolute Gasteiger partial charge is 0.226 e. The molecule has 7 heteroatoms. The van der Waals surface area contributed by atoms with Gasteiger partial charge >= 0.3 is 0 Å². The predicted octanol–water partition coefficient (Wildman–Crippen LogP) is 1.67. The van der Waals surface area contributed by atoms with Crippen LogP contribution in [0.5, 0.6) is 0 Å². The van der Waals surface area contributed by atoms with E-state index in [0.29, 0.717) is 26.3 Å². The molecule has 2 aliphatic heterocycles. The second-order valence-corrected chi connectivity index (χ2v) is 6.48. The standard InChI is InChI=1S/C17H21N5O2/c1-12-10-21(17(23)13-5-8-24-9-6-13)11-15-19-20-16(22(12)15)14-4-2-3-7-18-14/h2-4,7,12-13H,5-6,8-11H2,1H3/t12-/m0/s1. The number of nitrogens with zero attached hydrogens (tertiary/aromatic N) is 5. The molecule has 2 aromatic rings. The number of carbonyl (C=O) groups is 1. The van der Waals surface area contributed by atoms with E-state index in [1.807, 2.05) is 23.1 Å². The van der Waals surface area contributed by atoms with Crippen LogP contribution in [0.2, 0.25) is 0 Å². The normalized spacial score (nSPS) is 21.5. The highest BCUT2D eigenvalue weighted by atomic mass is 16.5. The van der Waals surface area contributed by atoms with Crippen LogP contribution in [0, 0.1) is 5.92 Å². The molecule has 0 unspecified atom stereocenters. The minimum atomic E-state index is 0.0793. The topological polar surface area (TPSA) is 73.1 Å². The number of rotatable bonds is 2. The van der Waals surface area contributed by atoms with Crippen LogP contribution in [0.25, 0.3) is 11.5 Å². The lowest BCUT2D eigenvalue weighted by Crippen LogP contribution is -2.44. The Hall–Kier alpha value is -2.28. The Morgan fingerprint density at radius 3 is 2.83 bits per heavy atom. The van der Waals surface area contributed by atoms with Crippen LogP contribution in [-0.2, 0) is 16.1 Å². The molecule has 1 atom stereocenters. The van der Waals surface area contributed by atoms with Crippen LogP contribution < -0.4 is 0 Å². The van der Waals surface area contributed by atoms with Gasteiger partial charge in [0, 0.05) is 31.9 Å². The summed E-state index contributed by atoms with van der Waals surface area (Å²) in [5.41, 5.74) is 0.812. The summed E-state index contributed by atoms with van der Waals surface area (Å²) in [6, 6.07) is 5.89. The maximum Gasteiger partial charge on any atom is 0.226 e. The molecular formula is C17H21N5O2. The number of carbonyl (C=O) groups excluding carboxylic acids is 1. The molecule has 0 N–H and O–H groups in total. The molecule has 2 aliphatic rings. The van der Waals surface area contributed by atoms with Crippen LogP contribution in [-0.4, -0.2) is 50.3 Å². The number of aromatic nitrogens is 4. The van der Waals surface area contributed by atoms with Crippen molar-refractivity contribution in [2.75, 3.05) is 19.8 Å². The van der Waals surface area contributed by atoms with Crippen molar-refractivity contribution in [2.45, 2.75) is 32.4 Å². The molecule has 0 spiro atoms. The van der Waals surface area contributed by atoms with Crippen molar-refractivity contribution < 1.29 is 9.53 Å². The summed E-state index contributed by atoms with van der Waals surface area (Å²) in [4.78, 5) is 19.1. The van der Waals surface area contributed by atoms with Gasteiger partial charge in [-0.05, 0) is 31.9 Å². The average Bonchev–Trinajstić information content (AvgIpc) is 3.07. The minimum absolute atomic E-state index is 0.0793. The van der Waals surface area contributed by atoms with Crippen molar-refractivity contribution in [2.24, 2.45) is 5.92 Å². The Morgan fingerprint density at radius 1 is 1.25 bits per heavy atom. The molecule has 1 fully saturated rings. The zero-order valence-electron chi connectivity index (χ0n) is 13.8. The quantitative estimate of drug-likeness (QED) is 0.839. The second-order valence-electron chi connectivity index (χ2n) is 6.48. The first-order valence-electron chi connectivity index (χ1n) is 8.45. The Morgan fingerprint density at radius 2 is 2.08 bits per heavy atom. The number of hydrogen-bond donors (Lipinski definition) is 0. The maximum atomic E-state index is 12.8. The molecule has 7 nitrogen and oxygen atoms in total. The summed E-state index contributed by atoms with van der Waals surface area (Å²) >= 11 is 0. The maximum absolute atomic E-state index is 12.8. The van der Waals surface area contributed by atoms with Crippen molar-refractivity contribution in [3.63, 3.8) is 0 Å². The van der Waals surface area contributed by atoms with Gasteiger partial charge in [0.05, 0.1) is 12.6 Å². The molecule has 126 valence electrons. The monoisotopic (exact) mass is 327 g/mol. The van der Waals surface area contributed by atoms with E-state index >= 15 is 0 Å². The molecule has 0 aromatic carbocycles. The van der Waals surface area contributed by atoms with Gasteiger partial charge < -0.3 is 14.2 Å². The van der Waals surface area contributed by atoms with Gasteiger partial charge in [0.15, 0.2) is 11.6 Å². The minimum Gasteiger partial charge on any atom is -0.381 e. The fourth-order valence-corrected chi connectivity index (χ4v) is 3.57. The van der Waals surface area contributed by atoms with Crippen LogP contribution in [0.15, 0.2) is 24.4 Å². The SMILES string of the molecule is C[C@H]1CN(C(=O)C2CCOCC2)Cc2nnc(-c3ccccn3)n21. The Bertz CT molecular complexity index is 724. The molecule has 0 saturated carbocycles. The summed E-state index contributed by atoms with van der Waals surface area (Å²) in [5, 5.41) is 8.63. The predicted molar refractivity (Wildman–Crippen MR) is 86.9 cm³/mol. The van der Waals surface area contributed by atoms with Crippen LogP contribution in [0.3, 0.4) is 0 Å². The second kappa shape index (κ2) is 6.32. The summed E-state index contributed by atoms with van der Waals surface area (Å²) in [6.07, 6.45) is 3.39. The Kier molecular flexibility index (Phi) is 4.02. The van der Waals surface area contributed by atoms with Crippen LogP contribution in [0.1, 0.15) is 31.6 Å². The van der Waals surface area contributed by atoms with Gasteiger partial charge in [-0.2, -0.15) is 0 Å². The third kappa shape index (κ3) is 2.69. The highest BCUT2D eigenvalue weighted by molar-refractivity contribution is 5.79. The van der Waals surface area contributed by atoms with E-state index in [-0.39, 0.29) is 17.9 Å². The highest BCUT2D eigenvalue weighted by Gasteiger charge is 2.33. The molecule has 24 heavy (non-hydrogen) atoms. The number of fused-ring (bicyclic) bond motifs is 1. The van der Waals surface area contributed by atoms with E-state index in [4.69, 9.17) is 4.74 Å². The van der Waals surface area contributed by atoms with Crippen LogP contribution >= 0.6 is 0 Å². The first-order chi connectivity index (χ1) is 11.7. The van der Waals surface area contributed by atoms with Gasteiger partial charge in [-0.3, -0.25) is 9.78 Å². The van der Waals surface area contributed by atoms with Gasteiger partial charge in [0.1, 0.15) is 5.69 Å². The molecule has 1 amide bonds. The lowest BCUT2D eigenvalue weighted by molar-refractivity contribution is -0.140. The zero-order chi connectivity index (χ0) is 16.5. The van der Waals surface area contributed by atoms with Crippen molar-refractivity contribution >= 4 is 5.91 Å². The number of amides is 1. The molecule has 0 radical (unpaired) electrons. The fourth-order valence-electron chi connectivity index (χ4n) is 3.57. The molecule has 0 aliphatic carbocycles. The number of hydrogen-bond acceptors (Lipinski definition) is 5. The number of pyridine rings is 1. The first kappa shape index (κ1) is 15.3. The molecule has 2 aromatic heterocycles. The van der Waals surface area contributed by atoms with E-state index in [2.05, 4.69) is 26.7 Å². The zero-order valence-corrected chi connectivity index (χ0v) is 13.8. The van der Waals surface area contributed by atoms with Crippen molar-refractivity contribution in [1.82, 2.24) is 24.6 Å². The molecule has 1 saturated heterocycles. The molecule has 0 bridgehead atoms. The van der Waals surface area contributed by atoms with E-state index < -0.39 is 0 Å². The van der Waals surface area contributed by atoms with E-state index in [1.165, 1.54) is 0 Å². The van der Waals surface area contributed by atoms with Gasteiger partial charge in [0.25, 0.3) is 0 Å².